The summed E-state index contributed by atoms with van der Waals surface area (Å²) < 4.78 is 27.6. The molecular formula is C12H19BrN2O2S2. The van der Waals surface area contributed by atoms with Crippen molar-refractivity contribution in [2.45, 2.75) is 31.2 Å². The molecule has 19 heavy (non-hydrogen) atoms. The molecule has 1 atom stereocenters. The maximum absolute atomic E-state index is 12.2. The average molecular weight is 367 g/mol. The van der Waals surface area contributed by atoms with Crippen LogP contribution in [0, 0.1) is 0 Å². The molecule has 0 spiro atoms. The summed E-state index contributed by atoms with van der Waals surface area (Å²) in [6.45, 7) is 3.96. The van der Waals surface area contributed by atoms with Gasteiger partial charge in [-0.25, -0.2) is 13.1 Å². The molecule has 0 heterocycles. The maximum Gasteiger partial charge on any atom is 0.240 e. The van der Waals surface area contributed by atoms with Crippen molar-refractivity contribution in [2.24, 2.45) is 0 Å². The zero-order valence-corrected chi connectivity index (χ0v) is 14.2. The first-order chi connectivity index (χ1) is 8.86. The van der Waals surface area contributed by atoms with Gasteiger partial charge >= 0.3 is 0 Å². The Morgan fingerprint density at radius 3 is 2.74 bits per heavy atom. The Labute approximate surface area is 127 Å². The number of benzene rings is 1. The Balaban J connectivity index is 2.72. The van der Waals surface area contributed by atoms with Crippen molar-refractivity contribution in [1.82, 2.24) is 4.72 Å². The van der Waals surface area contributed by atoms with Crippen LogP contribution in [0.3, 0.4) is 0 Å². The molecule has 1 rings (SSSR count). The van der Waals surface area contributed by atoms with Crippen LogP contribution >= 0.6 is 27.7 Å². The Bertz CT molecular complexity index is 520. The lowest BCUT2D eigenvalue weighted by Crippen LogP contribution is -2.33. The third kappa shape index (κ3) is 5.33. The number of anilines is 1. The van der Waals surface area contributed by atoms with E-state index >= 15 is 0 Å². The highest BCUT2D eigenvalue weighted by Crippen LogP contribution is 2.23. The van der Waals surface area contributed by atoms with E-state index in [0.717, 1.165) is 17.9 Å². The number of halogens is 1. The summed E-state index contributed by atoms with van der Waals surface area (Å²) in [5, 5.41) is 0. The SMILES string of the molecule is CCSCCC(C)NS(=O)(=O)c1ccc(N)c(Br)c1. The van der Waals surface area contributed by atoms with Crippen LogP contribution in [-0.4, -0.2) is 26.0 Å². The van der Waals surface area contributed by atoms with Gasteiger partial charge in [0.1, 0.15) is 0 Å². The van der Waals surface area contributed by atoms with E-state index < -0.39 is 10.0 Å². The van der Waals surface area contributed by atoms with Crippen LogP contribution in [0.4, 0.5) is 5.69 Å². The minimum Gasteiger partial charge on any atom is -0.398 e. The lowest BCUT2D eigenvalue weighted by molar-refractivity contribution is 0.557. The van der Waals surface area contributed by atoms with Crippen LogP contribution in [0.25, 0.3) is 0 Å². The van der Waals surface area contributed by atoms with E-state index in [1.807, 2.05) is 6.92 Å². The quantitative estimate of drug-likeness (QED) is 0.574. The second-order valence-corrected chi connectivity index (χ2v) is 8.15. The number of sulfonamides is 1. The summed E-state index contributed by atoms with van der Waals surface area (Å²) >= 11 is 5.04. The smallest absolute Gasteiger partial charge is 0.240 e. The molecule has 1 unspecified atom stereocenters. The number of rotatable bonds is 7. The molecule has 1 aromatic carbocycles. The number of nitrogens with one attached hydrogen (secondary N) is 1. The number of hydrogen-bond acceptors (Lipinski definition) is 4. The Morgan fingerprint density at radius 2 is 2.16 bits per heavy atom. The van der Waals surface area contributed by atoms with Gasteiger partial charge in [-0.15, -0.1) is 0 Å². The number of hydrogen-bond donors (Lipinski definition) is 2. The van der Waals surface area contributed by atoms with Crippen LogP contribution in [-0.2, 0) is 10.0 Å². The molecule has 0 radical (unpaired) electrons. The van der Waals surface area contributed by atoms with Gasteiger partial charge in [0.25, 0.3) is 0 Å². The molecule has 108 valence electrons. The van der Waals surface area contributed by atoms with Crippen molar-refractivity contribution < 1.29 is 8.42 Å². The predicted molar refractivity (Wildman–Crippen MR) is 86.0 cm³/mol. The Kier molecular flexibility index (Phi) is 6.65. The topological polar surface area (TPSA) is 72.2 Å². The number of thioether (sulfide) groups is 1. The standard InChI is InChI=1S/C12H19BrN2O2S2/c1-3-18-7-6-9(2)15-19(16,17)10-4-5-12(14)11(13)8-10/h4-5,8-9,15H,3,6-7,14H2,1-2H3. The van der Waals surface area contributed by atoms with E-state index in [9.17, 15) is 8.42 Å². The molecule has 0 aromatic heterocycles. The molecule has 1 aromatic rings. The molecular weight excluding hydrogens is 348 g/mol. The zero-order chi connectivity index (χ0) is 14.5. The van der Waals surface area contributed by atoms with Gasteiger partial charge in [-0.1, -0.05) is 6.92 Å². The van der Waals surface area contributed by atoms with Gasteiger partial charge in [-0.2, -0.15) is 11.8 Å². The van der Waals surface area contributed by atoms with Gasteiger partial charge in [-0.05, 0) is 59.0 Å². The van der Waals surface area contributed by atoms with Crippen LogP contribution in [0.2, 0.25) is 0 Å². The van der Waals surface area contributed by atoms with E-state index in [0.29, 0.717) is 10.2 Å². The summed E-state index contributed by atoms with van der Waals surface area (Å²) in [5.41, 5.74) is 6.17. The summed E-state index contributed by atoms with van der Waals surface area (Å²) in [6, 6.07) is 4.53. The van der Waals surface area contributed by atoms with Crippen LogP contribution in [0.1, 0.15) is 20.3 Å². The first kappa shape index (κ1) is 16.8. The lowest BCUT2D eigenvalue weighted by Gasteiger charge is -2.14. The van der Waals surface area contributed by atoms with Crippen molar-refractivity contribution in [3.63, 3.8) is 0 Å². The molecule has 0 saturated carbocycles. The normalized spacial score (nSPS) is 13.4. The van der Waals surface area contributed by atoms with Gasteiger partial charge in [-0.3, -0.25) is 0 Å². The fraction of sp³-hybridized carbons (Fsp3) is 0.500. The van der Waals surface area contributed by atoms with Crippen molar-refractivity contribution >= 4 is 43.4 Å². The van der Waals surface area contributed by atoms with Gasteiger partial charge in [0, 0.05) is 16.2 Å². The molecule has 0 aliphatic rings. The fourth-order valence-electron chi connectivity index (χ4n) is 1.47. The van der Waals surface area contributed by atoms with Gasteiger partial charge in [0.15, 0.2) is 0 Å². The van der Waals surface area contributed by atoms with Gasteiger partial charge in [0.2, 0.25) is 10.0 Å². The highest BCUT2D eigenvalue weighted by Gasteiger charge is 2.17. The maximum atomic E-state index is 12.2. The highest BCUT2D eigenvalue weighted by atomic mass is 79.9. The highest BCUT2D eigenvalue weighted by molar-refractivity contribution is 9.10. The molecule has 0 aliphatic carbocycles. The first-order valence-electron chi connectivity index (χ1n) is 6.02. The molecule has 0 bridgehead atoms. The van der Waals surface area contributed by atoms with E-state index in [4.69, 9.17) is 5.73 Å². The van der Waals surface area contributed by atoms with Crippen molar-refractivity contribution in [1.29, 1.82) is 0 Å². The summed E-state index contributed by atoms with van der Waals surface area (Å²) in [5.74, 6) is 2.00. The second kappa shape index (κ2) is 7.52. The second-order valence-electron chi connectivity index (χ2n) is 4.19. The molecule has 0 aliphatic heterocycles. The minimum absolute atomic E-state index is 0.0830. The van der Waals surface area contributed by atoms with E-state index in [1.165, 1.54) is 12.1 Å². The molecule has 0 saturated heterocycles. The summed E-state index contributed by atoms with van der Waals surface area (Å²) in [4.78, 5) is 0.226. The average Bonchev–Trinajstić information content (AvgIpc) is 2.32. The zero-order valence-electron chi connectivity index (χ0n) is 11.0. The molecule has 7 heteroatoms. The molecule has 0 amide bonds. The fourth-order valence-corrected chi connectivity index (χ4v) is 4.11. The van der Waals surface area contributed by atoms with Crippen LogP contribution in [0.5, 0.6) is 0 Å². The van der Waals surface area contributed by atoms with Crippen molar-refractivity contribution in [3.05, 3.63) is 22.7 Å². The summed E-state index contributed by atoms with van der Waals surface area (Å²) in [7, 11) is -3.48. The largest absolute Gasteiger partial charge is 0.398 e. The summed E-state index contributed by atoms with van der Waals surface area (Å²) in [6.07, 6.45) is 0.813. The third-order valence-electron chi connectivity index (χ3n) is 2.54. The van der Waals surface area contributed by atoms with E-state index in [-0.39, 0.29) is 10.9 Å². The first-order valence-corrected chi connectivity index (χ1v) is 9.45. The van der Waals surface area contributed by atoms with Crippen LogP contribution in [0.15, 0.2) is 27.6 Å². The Morgan fingerprint density at radius 1 is 1.47 bits per heavy atom. The Hall–Kier alpha value is -0.240. The number of nitrogens with two attached hydrogens (primary N) is 1. The monoisotopic (exact) mass is 366 g/mol. The van der Waals surface area contributed by atoms with E-state index in [1.54, 1.807) is 17.8 Å². The lowest BCUT2D eigenvalue weighted by atomic mass is 10.3. The predicted octanol–water partition coefficient (Wildman–Crippen LogP) is 2.84. The van der Waals surface area contributed by atoms with Crippen LogP contribution < -0.4 is 10.5 Å². The van der Waals surface area contributed by atoms with Gasteiger partial charge in [0.05, 0.1) is 4.90 Å². The van der Waals surface area contributed by atoms with Crippen molar-refractivity contribution in [3.8, 4) is 0 Å². The third-order valence-corrected chi connectivity index (χ3v) is 5.74. The number of nitrogen functional groups attached to an aromatic ring is 1. The molecule has 4 nitrogen and oxygen atoms in total. The molecule has 0 fully saturated rings. The van der Waals surface area contributed by atoms with Gasteiger partial charge < -0.3 is 5.73 Å². The van der Waals surface area contributed by atoms with Crippen molar-refractivity contribution in [2.75, 3.05) is 17.2 Å². The minimum atomic E-state index is -3.48. The molecule has 3 N–H and O–H groups in total. The van der Waals surface area contributed by atoms with E-state index in [2.05, 4.69) is 27.6 Å².